The lowest BCUT2D eigenvalue weighted by molar-refractivity contribution is -0.134. The Morgan fingerprint density at radius 2 is 1.94 bits per heavy atom. The normalized spacial score (nSPS) is 11.1. The van der Waals surface area contributed by atoms with Crippen molar-refractivity contribution in [3.8, 4) is 0 Å². The van der Waals surface area contributed by atoms with Crippen molar-refractivity contribution in [3.05, 3.63) is 40.6 Å². The van der Waals surface area contributed by atoms with Crippen molar-refractivity contribution in [1.29, 1.82) is 0 Å². The number of aryl methyl sites for hydroxylation is 2. The van der Waals surface area contributed by atoms with Gasteiger partial charge < -0.3 is 10.4 Å². The van der Waals surface area contributed by atoms with Gasteiger partial charge in [0.2, 0.25) is 5.91 Å². The number of carboxylic acid groups (broad SMARTS) is 1. The molecule has 1 aromatic carbocycles. The highest BCUT2D eigenvalue weighted by atomic mass is 16.4. The summed E-state index contributed by atoms with van der Waals surface area (Å²) in [5.74, 6) is -1.55. The molecule has 0 heterocycles. The van der Waals surface area contributed by atoms with Crippen molar-refractivity contribution in [2.75, 3.05) is 0 Å². The van der Waals surface area contributed by atoms with Crippen LogP contribution in [-0.2, 0) is 9.59 Å². The standard InChI is InChI=1S/C13H15NO3/c1-8-4-5-9(2)11(6-8)7-12(13(16)17)14-10(3)15/h4-7H,1-3H3,(H,14,15)(H,16,17). The van der Waals surface area contributed by atoms with Crippen LogP contribution in [0.2, 0.25) is 0 Å². The molecule has 0 saturated heterocycles. The molecule has 0 aromatic heterocycles. The maximum Gasteiger partial charge on any atom is 0.352 e. The van der Waals surface area contributed by atoms with Crippen molar-refractivity contribution in [2.24, 2.45) is 0 Å². The highest BCUT2D eigenvalue weighted by Crippen LogP contribution is 2.14. The zero-order chi connectivity index (χ0) is 13.0. The van der Waals surface area contributed by atoms with Gasteiger partial charge in [-0.05, 0) is 31.1 Å². The van der Waals surface area contributed by atoms with Crippen LogP contribution in [0.3, 0.4) is 0 Å². The monoisotopic (exact) mass is 233 g/mol. The molecule has 0 aliphatic rings. The minimum atomic E-state index is -1.15. The Labute approximate surface area is 100.0 Å². The molecule has 17 heavy (non-hydrogen) atoms. The zero-order valence-electron chi connectivity index (χ0n) is 10.1. The Morgan fingerprint density at radius 3 is 2.47 bits per heavy atom. The topological polar surface area (TPSA) is 66.4 Å². The third-order valence-electron chi connectivity index (χ3n) is 2.28. The van der Waals surface area contributed by atoms with Gasteiger partial charge >= 0.3 is 5.97 Å². The Bertz CT molecular complexity index is 489. The van der Waals surface area contributed by atoms with Gasteiger partial charge in [-0.1, -0.05) is 23.8 Å². The van der Waals surface area contributed by atoms with E-state index in [0.717, 1.165) is 16.7 Å². The molecule has 0 bridgehead atoms. The summed E-state index contributed by atoms with van der Waals surface area (Å²) in [5.41, 5.74) is 2.66. The second-order valence-electron chi connectivity index (χ2n) is 3.90. The summed E-state index contributed by atoms with van der Waals surface area (Å²) in [6.45, 7) is 5.09. The van der Waals surface area contributed by atoms with E-state index in [2.05, 4.69) is 5.32 Å². The van der Waals surface area contributed by atoms with Gasteiger partial charge in [0, 0.05) is 6.92 Å². The molecule has 0 atom stereocenters. The van der Waals surface area contributed by atoms with Gasteiger partial charge in [0.25, 0.3) is 0 Å². The van der Waals surface area contributed by atoms with Crippen LogP contribution in [0, 0.1) is 13.8 Å². The number of hydrogen-bond donors (Lipinski definition) is 2. The average Bonchev–Trinajstić information content (AvgIpc) is 2.21. The summed E-state index contributed by atoms with van der Waals surface area (Å²) in [6.07, 6.45) is 1.46. The molecule has 0 aliphatic carbocycles. The minimum Gasteiger partial charge on any atom is -0.477 e. The summed E-state index contributed by atoms with van der Waals surface area (Å²) >= 11 is 0. The Hall–Kier alpha value is -2.10. The zero-order valence-corrected chi connectivity index (χ0v) is 10.1. The molecule has 4 heteroatoms. The number of rotatable bonds is 3. The van der Waals surface area contributed by atoms with Crippen molar-refractivity contribution >= 4 is 18.0 Å². The minimum absolute atomic E-state index is 0.119. The Morgan fingerprint density at radius 1 is 1.29 bits per heavy atom. The molecule has 0 fully saturated rings. The van der Waals surface area contributed by atoms with E-state index in [9.17, 15) is 9.59 Å². The van der Waals surface area contributed by atoms with Gasteiger partial charge in [-0.15, -0.1) is 0 Å². The summed E-state index contributed by atoms with van der Waals surface area (Å²) in [4.78, 5) is 21.8. The highest BCUT2D eigenvalue weighted by Gasteiger charge is 2.09. The molecule has 1 aromatic rings. The quantitative estimate of drug-likeness (QED) is 0.783. The number of nitrogens with one attached hydrogen (secondary N) is 1. The van der Waals surface area contributed by atoms with E-state index in [4.69, 9.17) is 5.11 Å². The lowest BCUT2D eigenvalue weighted by Gasteiger charge is -2.06. The predicted octanol–water partition coefficient (Wildman–Crippen LogP) is 1.87. The third-order valence-corrected chi connectivity index (χ3v) is 2.28. The third kappa shape index (κ3) is 3.75. The number of carbonyl (C=O) groups excluding carboxylic acids is 1. The first-order valence-corrected chi connectivity index (χ1v) is 5.20. The van der Waals surface area contributed by atoms with E-state index in [1.807, 2.05) is 32.0 Å². The van der Waals surface area contributed by atoms with Crippen LogP contribution in [0.25, 0.3) is 6.08 Å². The largest absolute Gasteiger partial charge is 0.477 e. The maximum atomic E-state index is 11.0. The van der Waals surface area contributed by atoms with E-state index >= 15 is 0 Å². The lowest BCUT2D eigenvalue weighted by atomic mass is 10.0. The molecule has 90 valence electrons. The molecule has 4 nitrogen and oxygen atoms in total. The van der Waals surface area contributed by atoms with Crippen molar-refractivity contribution < 1.29 is 14.7 Å². The number of carboxylic acids is 1. The van der Waals surface area contributed by atoms with Crippen LogP contribution in [0.15, 0.2) is 23.9 Å². The highest BCUT2D eigenvalue weighted by molar-refractivity contribution is 5.96. The molecule has 0 saturated carbocycles. The van der Waals surface area contributed by atoms with Crippen LogP contribution in [0.5, 0.6) is 0 Å². The average molecular weight is 233 g/mol. The Balaban J connectivity index is 3.16. The fraction of sp³-hybridized carbons (Fsp3) is 0.231. The van der Waals surface area contributed by atoms with Gasteiger partial charge in [-0.25, -0.2) is 4.79 Å². The summed E-state index contributed by atoms with van der Waals surface area (Å²) in [6, 6.07) is 5.74. The van der Waals surface area contributed by atoms with Crippen molar-refractivity contribution in [1.82, 2.24) is 5.32 Å². The first-order valence-electron chi connectivity index (χ1n) is 5.20. The maximum absolute atomic E-state index is 11.0. The summed E-state index contributed by atoms with van der Waals surface area (Å²) in [7, 11) is 0. The summed E-state index contributed by atoms with van der Waals surface area (Å²) in [5, 5.41) is 11.3. The van der Waals surface area contributed by atoms with E-state index in [1.165, 1.54) is 13.0 Å². The van der Waals surface area contributed by atoms with Gasteiger partial charge in [0.1, 0.15) is 5.70 Å². The summed E-state index contributed by atoms with van der Waals surface area (Å²) < 4.78 is 0. The number of carbonyl (C=O) groups is 2. The fourth-order valence-corrected chi connectivity index (χ4v) is 1.41. The number of hydrogen-bond acceptors (Lipinski definition) is 2. The molecular formula is C13H15NO3. The van der Waals surface area contributed by atoms with E-state index in [1.54, 1.807) is 0 Å². The molecular weight excluding hydrogens is 218 g/mol. The first-order chi connectivity index (χ1) is 7.90. The van der Waals surface area contributed by atoms with Gasteiger partial charge in [0.15, 0.2) is 0 Å². The van der Waals surface area contributed by atoms with Gasteiger partial charge in [-0.2, -0.15) is 0 Å². The lowest BCUT2D eigenvalue weighted by Crippen LogP contribution is -2.24. The molecule has 2 N–H and O–H groups in total. The van der Waals surface area contributed by atoms with Crippen LogP contribution < -0.4 is 5.32 Å². The second kappa shape index (κ2) is 5.30. The SMILES string of the molecule is CC(=O)NC(=Cc1cc(C)ccc1C)C(=O)O. The molecule has 0 aliphatic heterocycles. The molecule has 1 rings (SSSR count). The molecule has 0 spiro atoms. The van der Waals surface area contributed by atoms with E-state index in [0.29, 0.717) is 0 Å². The van der Waals surface area contributed by atoms with Crippen molar-refractivity contribution in [3.63, 3.8) is 0 Å². The van der Waals surface area contributed by atoms with Crippen LogP contribution in [0.4, 0.5) is 0 Å². The molecule has 0 unspecified atom stereocenters. The predicted molar refractivity (Wildman–Crippen MR) is 65.3 cm³/mol. The number of benzene rings is 1. The first kappa shape index (κ1) is 13.0. The van der Waals surface area contributed by atoms with Gasteiger partial charge in [-0.3, -0.25) is 4.79 Å². The van der Waals surface area contributed by atoms with Crippen LogP contribution in [0.1, 0.15) is 23.6 Å². The van der Waals surface area contributed by atoms with E-state index in [-0.39, 0.29) is 5.70 Å². The Kier molecular flexibility index (Phi) is 4.04. The van der Waals surface area contributed by atoms with Crippen molar-refractivity contribution in [2.45, 2.75) is 20.8 Å². The number of amides is 1. The fourth-order valence-electron chi connectivity index (χ4n) is 1.41. The molecule has 1 amide bonds. The van der Waals surface area contributed by atoms with Crippen LogP contribution in [-0.4, -0.2) is 17.0 Å². The molecule has 0 radical (unpaired) electrons. The van der Waals surface area contributed by atoms with E-state index < -0.39 is 11.9 Å². The second-order valence-corrected chi connectivity index (χ2v) is 3.90. The smallest absolute Gasteiger partial charge is 0.352 e. The van der Waals surface area contributed by atoms with Crippen LogP contribution >= 0.6 is 0 Å². The van der Waals surface area contributed by atoms with Gasteiger partial charge in [0.05, 0.1) is 0 Å². The number of aliphatic carboxylic acids is 1.